The first kappa shape index (κ1) is 26.0. The lowest BCUT2D eigenvalue weighted by molar-refractivity contribution is -0.698. The summed E-state index contributed by atoms with van der Waals surface area (Å²) in [5.41, 5.74) is 2.95. The van der Waals surface area contributed by atoms with Gasteiger partial charge in [0.25, 0.3) is 5.82 Å². The number of hydrogen-bond donors (Lipinski definition) is 1. The summed E-state index contributed by atoms with van der Waals surface area (Å²) in [4.78, 5) is 27.8. The summed E-state index contributed by atoms with van der Waals surface area (Å²) in [6.45, 7) is 13.2. The molecule has 198 valence electrons. The molecule has 3 atom stereocenters. The maximum absolute atomic E-state index is 12.7. The number of amidine groups is 1. The number of aliphatic hydroxyl groups is 1. The average Bonchev–Trinajstić information content (AvgIpc) is 2.83. The maximum Gasteiger partial charge on any atom is 0.410 e. The van der Waals surface area contributed by atoms with Crippen LogP contribution in [-0.4, -0.2) is 69.4 Å². The van der Waals surface area contributed by atoms with Crippen molar-refractivity contribution in [2.75, 3.05) is 24.5 Å². The molecule has 2 unspecified atom stereocenters. The quantitative estimate of drug-likeness (QED) is 0.423. The van der Waals surface area contributed by atoms with Gasteiger partial charge in [0, 0.05) is 37.4 Å². The third-order valence-corrected chi connectivity index (χ3v) is 7.85. The van der Waals surface area contributed by atoms with Crippen LogP contribution in [0.5, 0.6) is 0 Å². The van der Waals surface area contributed by atoms with Crippen molar-refractivity contribution in [3.63, 3.8) is 0 Å². The van der Waals surface area contributed by atoms with E-state index < -0.39 is 12.0 Å². The highest BCUT2D eigenvalue weighted by Crippen LogP contribution is 2.45. The number of piperazine rings is 1. The van der Waals surface area contributed by atoms with Gasteiger partial charge in [0.1, 0.15) is 33.8 Å². The van der Waals surface area contributed by atoms with Crippen LogP contribution in [-0.2, 0) is 11.2 Å². The molecular weight excluding hydrogens is 515 g/mol. The van der Waals surface area contributed by atoms with Crippen LogP contribution < -0.4 is 9.47 Å². The Balaban J connectivity index is 1.57. The van der Waals surface area contributed by atoms with E-state index >= 15 is 0 Å². The highest BCUT2D eigenvalue weighted by Gasteiger charge is 2.49. The van der Waals surface area contributed by atoms with Crippen LogP contribution >= 0.6 is 23.2 Å². The van der Waals surface area contributed by atoms with Crippen LogP contribution in [0.3, 0.4) is 0 Å². The molecule has 0 aliphatic carbocycles. The molecule has 5 heterocycles. The predicted octanol–water partition coefficient (Wildman–Crippen LogP) is 4.28. The summed E-state index contributed by atoms with van der Waals surface area (Å²) in [6, 6.07) is 3.52. The van der Waals surface area contributed by atoms with Crippen LogP contribution in [0.4, 0.5) is 16.3 Å². The molecule has 3 aliphatic rings. The van der Waals surface area contributed by atoms with E-state index in [-0.39, 0.29) is 18.2 Å². The molecule has 0 radical (unpaired) electrons. The number of ether oxygens (including phenoxy) is 1. The lowest BCUT2D eigenvalue weighted by atomic mass is 9.99. The molecule has 2 aromatic heterocycles. The van der Waals surface area contributed by atoms with Crippen molar-refractivity contribution >= 4 is 46.6 Å². The second-order valence-corrected chi connectivity index (χ2v) is 11.5. The van der Waals surface area contributed by atoms with Crippen molar-refractivity contribution in [3.05, 3.63) is 45.3 Å². The number of aliphatic imine (C=N–C) groups is 1. The number of aliphatic hydroxyl groups excluding tert-OH is 1. The maximum atomic E-state index is 12.7. The number of anilines is 2. The van der Waals surface area contributed by atoms with Crippen molar-refractivity contribution in [1.82, 2.24) is 14.8 Å². The molecule has 1 N–H and O–H groups in total. The molecule has 1 saturated heterocycles. The minimum absolute atomic E-state index is 0.0740. The van der Waals surface area contributed by atoms with Crippen LogP contribution in [0.15, 0.2) is 23.3 Å². The summed E-state index contributed by atoms with van der Waals surface area (Å²) in [7, 11) is 0. The van der Waals surface area contributed by atoms with E-state index in [4.69, 9.17) is 32.9 Å². The number of nitrogens with zero attached hydrogens (tertiary/aromatic N) is 6. The van der Waals surface area contributed by atoms with Gasteiger partial charge in [-0.15, -0.1) is 0 Å². The number of fused-ring (bicyclic) bond motifs is 2. The molecule has 0 bridgehead atoms. The second-order valence-electron chi connectivity index (χ2n) is 10.8. The van der Waals surface area contributed by atoms with Crippen LogP contribution in [0.1, 0.15) is 64.4 Å². The van der Waals surface area contributed by atoms with Gasteiger partial charge in [0.05, 0.1) is 0 Å². The normalized spacial score (nSPS) is 22.9. The van der Waals surface area contributed by atoms with Gasteiger partial charge in [-0.1, -0.05) is 18.5 Å². The van der Waals surface area contributed by atoms with E-state index in [1.165, 1.54) is 0 Å². The molecule has 11 heteroatoms. The smallest absolute Gasteiger partial charge is 0.410 e. The Morgan fingerprint density at radius 3 is 2.65 bits per heavy atom. The summed E-state index contributed by atoms with van der Waals surface area (Å²) in [6.07, 6.45) is 1.05. The Kier molecular flexibility index (Phi) is 6.53. The number of amides is 1. The predicted molar refractivity (Wildman–Crippen MR) is 143 cm³/mol. The number of halogens is 2. The zero-order valence-electron chi connectivity index (χ0n) is 22.0. The topological polar surface area (TPSA) is 85.4 Å². The van der Waals surface area contributed by atoms with Crippen LogP contribution in [0.25, 0.3) is 0 Å². The van der Waals surface area contributed by atoms with E-state index in [0.717, 1.165) is 34.7 Å². The van der Waals surface area contributed by atoms with E-state index in [1.807, 2.05) is 56.2 Å². The third kappa shape index (κ3) is 4.30. The molecule has 37 heavy (non-hydrogen) atoms. The number of aryl methyl sites for hydroxylation is 1. The fourth-order valence-corrected chi connectivity index (χ4v) is 5.90. The molecule has 9 nitrogen and oxygen atoms in total. The molecule has 3 aliphatic heterocycles. The van der Waals surface area contributed by atoms with Gasteiger partial charge in [0.2, 0.25) is 5.15 Å². The lowest BCUT2D eigenvalue weighted by Gasteiger charge is -2.44. The molecule has 1 fully saturated rings. The van der Waals surface area contributed by atoms with E-state index in [9.17, 15) is 9.90 Å². The number of carbonyl (C=O) groups is 1. The van der Waals surface area contributed by atoms with Crippen LogP contribution in [0, 0.1) is 0 Å². The van der Waals surface area contributed by atoms with Crippen molar-refractivity contribution < 1.29 is 19.2 Å². The van der Waals surface area contributed by atoms with Gasteiger partial charge in [-0.25, -0.2) is 9.36 Å². The summed E-state index contributed by atoms with van der Waals surface area (Å²) in [5, 5.41) is 12.2. The first-order valence-electron chi connectivity index (χ1n) is 12.6. The molecule has 1 amide bonds. The van der Waals surface area contributed by atoms with Gasteiger partial charge in [-0.2, -0.15) is 9.89 Å². The lowest BCUT2D eigenvalue weighted by Crippen LogP contribution is -2.60. The Morgan fingerprint density at radius 2 is 2.00 bits per heavy atom. The van der Waals surface area contributed by atoms with Crippen molar-refractivity contribution in [1.29, 1.82) is 0 Å². The standard InChI is InChI=1S/C26H33Cl2N6O3/c1-7-16-8-9-29-19-15(3)33-21(28)18(27)12-17-22(30-24(35)34(20(16)19)23(17)33)32-11-10-31(13-14(32)2)25(36)37-26(4,5)6/h8-9,12,14-15,24,35H,7,10-11,13H2,1-6H3/q+1/t14-,15?,24?/m0/s1. The van der Waals surface area contributed by atoms with Crippen LogP contribution in [0.2, 0.25) is 10.2 Å². The molecular formula is C26H33Cl2N6O3+. The van der Waals surface area contributed by atoms with Gasteiger partial charge >= 0.3 is 12.4 Å². The number of carbonyl (C=O) groups excluding carboxylic acids is 1. The zero-order chi connectivity index (χ0) is 26.8. The number of pyridine rings is 2. The number of hydrogen-bond acceptors (Lipinski definition) is 7. The van der Waals surface area contributed by atoms with Crippen molar-refractivity contribution in [2.24, 2.45) is 4.99 Å². The Hall–Kier alpha value is -2.62. The second kappa shape index (κ2) is 9.29. The average molecular weight is 548 g/mol. The van der Waals surface area contributed by atoms with E-state index in [1.54, 1.807) is 11.1 Å². The molecule has 5 rings (SSSR count). The first-order valence-corrected chi connectivity index (χ1v) is 13.4. The molecule has 2 aromatic rings. The van der Waals surface area contributed by atoms with Gasteiger partial charge < -0.3 is 19.6 Å². The highest BCUT2D eigenvalue weighted by molar-refractivity contribution is 6.41. The van der Waals surface area contributed by atoms with E-state index in [2.05, 4.69) is 16.8 Å². The summed E-state index contributed by atoms with van der Waals surface area (Å²) in [5.74, 6) is 1.36. The van der Waals surface area contributed by atoms with E-state index in [0.29, 0.717) is 35.6 Å². The van der Waals surface area contributed by atoms with Gasteiger partial charge in [0.15, 0.2) is 5.69 Å². The Morgan fingerprint density at radius 1 is 1.27 bits per heavy atom. The molecule has 0 spiro atoms. The summed E-state index contributed by atoms with van der Waals surface area (Å²) < 4.78 is 7.50. The fourth-order valence-electron chi connectivity index (χ4n) is 5.42. The monoisotopic (exact) mass is 547 g/mol. The molecule has 0 aromatic carbocycles. The Labute approximate surface area is 227 Å². The SMILES string of the molecule is CCc1ccnc2c1N1c3c(cc(Cl)c(Cl)[n+]3C2C)C(N2CCN(C(=O)OC(C)(C)C)C[C@@H]2C)=NC1O. The van der Waals surface area contributed by atoms with Gasteiger partial charge in [-0.3, -0.25) is 4.98 Å². The summed E-state index contributed by atoms with van der Waals surface area (Å²) >= 11 is 13.4. The molecule has 0 saturated carbocycles. The Bertz CT molecular complexity index is 1290. The number of aromatic nitrogens is 2. The largest absolute Gasteiger partial charge is 0.444 e. The highest BCUT2D eigenvalue weighted by atomic mass is 35.5. The number of rotatable bonds is 1. The first-order chi connectivity index (χ1) is 17.4. The van der Waals surface area contributed by atoms with Crippen molar-refractivity contribution in [2.45, 2.75) is 72.0 Å². The van der Waals surface area contributed by atoms with Gasteiger partial charge in [-0.05, 0) is 64.8 Å². The van der Waals surface area contributed by atoms with Crippen molar-refractivity contribution in [3.8, 4) is 0 Å². The fraction of sp³-hybridized carbons (Fsp3) is 0.538. The minimum atomic E-state index is -1.18. The minimum Gasteiger partial charge on any atom is -0.444 e. The zero-order valence-corrected chi connectivity index (χ0v) is 23.5. The third-order valence-electron chi connectivity index (χ3n) is 7.08.